The van der Waals surface area contributed by atoms with Crippen LogP contribution in [0.2, 0.25) is 0 Å². The average Bonchev–Trinajstić information content (AvgIpc) is 2.26. The third-order valence-electron chi connectivity index (χ3n) is 1.73. The molecule has 1 heterocycles. The highest BCUT2D eigenvalue weighted by molar-refractivity contribution is 6.67. The molecule has 4 nitrogen and oxygen atoms in total. The molecule has 0 unspecified atom stereocenters. The molecule has 1 aromatic rings. The molecule has 1 aromatic heterocycles. The molecule has 0 aromatic carbocycles. The van der Waals surface area contributed by atoms with E-state index < -0.39 is 23.1 Å². The fourth-order valence-electron chi connectivity index (χ4n) is 1.09. The lowest BCUT2D eigenvalue weighted by atomic mass is 10.2. The number of pyridine rings is 1. The SMILES string of the molecule is COc1c(C#N)cc(C(F)F)nc1C(=O)Cl. The molecule has 0 radical (unpaired) electrons. The van der Waals surface area contributed by atoms with Crippen LogP contribution in [0.15, 0.2) is 6.07 Å². The number of nitriles is 1. The molecule has 0 spiro atoms. The van der Waals surface area contributed by atoms with Crippen molar-refractivity contribution < 1.29 is 18.3 Å². The largest absolute Gasteiger partial charge is 0.493 e. The second kappa shape index (κ2) is 4.86. The van der Waals surface area contributed by atoms with Gasteiger partial charge >= 0.3 is 0 Å². The van der Waals surface area contributed by atoms with E-state index in [1.807, 2.05) is 0 Å². The van der Waals surface area contributed by atoms with Crippen LogP contribution >= 0.6 is 11.6 Å². The minimum atomic E-state index is -2.90. The summed E-state index contributed by atoms with van der Waals surface area (Å²) >= 11 is 5.16. The number of carbonyl (C=O) groups is 1. The van der Waals surface area contributed by atoms with Crippen molar-refractivity contribution in [3.8, 4) is 11.8 Å². The summed E-state index contributed by atoms with van der Waals surface area (Å²) in [6.07, 6.45) is -2.90. The first-order valence-electron chi connectivity index (χ1n) is 3.98. The van der Waals surface area contributed by atoms with Gasteiger partial charge in [-0.2, -0.15) is 5.26 Å². The molecule has 0 aliphatic carbocycles. The third kappa shape index (κ3) is 2.25. The Labute approximate surface area is 94.4 Å². The Balaban J connectivity index is 3.51. The van der Waals surface area contributed by atoms with Crippen LogP contribution in [0.25, 0.3) is 0 Å². The summed E-state index contributed by atoms with van der Waals surface area (Å²) < 4.78 is 29.5. The van der Waals surface area contributed by atoms with Gasteiger partial charge in [0.1, 0.15) is 11.8 Å². The number of rotatable bonds is 3. The number of ether oxygens (including phenoxy) is 1. The molecule has 16 heavy (non-hydrogen) atoms. The zero-order valence-electron chi connectivity index (χ0n) is 8.00. The summed E-state index contributed by atoms with van der Waals surface area (Å²) in [6, 6.07) is 2.48. The second-order valence-electron chi connectivity index (χ2n) is 2.66. The quantitative estimate of drug-likeness (QED) is 0.768. The Bertz CT molecular complexity index is 471. The summed E-state index contributed by atoms with van der Waals surface area (Å²) in [5.41, 5.74) is -1.39. The predicted octanol–water partition coefficient (Wildman–Crippen LogP) is 2.28. The number of hydrogen-bond acceptors (Lipinski definition) is 4. The predicted molar refractivity (Wildman–Crippen MR) is 50.6 cm³/mol. The smallest absolute Gasteiger partial charge is 0.280 e. The van der Waals surface area contributed by atoms with Crippen molar-refractivity contribution in [1.82, 2.24) is 4.98 Å². The van der Waals surface area contributed by atoms with Crippen molar-refractivity contribution in [1.29, 1.82) is 5.26 Å². The van der Waals surface area contributed by atoms with Gasteiger partial charge in [0.2, 0.25) is 0 Å². The van der Waals surface area contributed by atoms with Gasteiger partial charge in [-0.15, -0.1) is 0 Å². The maximum atomic E-state index is 12.4. The maximum Gasteiger partial charge on any atom is 0.280 e. The summed E-state index contributed by atoms with van der Waals surface area (Å²) in [5.74, 6) is -0.202. The van der Waals surface area contributed by atoms with Crippen LogP contribution in [0.1, 0.15) is 28.2 Å². The molecular weight excluding hydrogens is 242 g/mol. The Hall–Kier alpha value is -1.74. The molecule has 0 saturated heterocycles. The molecule has 7 heteroatoms. The zero-order valence-corrected chi connectivity index (χ0v) is 8.76. The van der Waals surface area contributed by atoms with Crippen LogP contribution in [-0.2, 0) is 0 Å². The lowest BCUT2D eigenvalue weighted by molar-refractivity contribution is 0.107. The number of carbonyl (C=O) groups excluding carboxylic acids is 1. The molecule has 0 atom stereocenters. The molecule has 84 valence electrons. The van der Waals surface area contributed by atoms with Crippen molar-refractivity contribution in [3.63, 3.8) is 0 Å². The topological polar surface area (TPSA) is 63.0 Å². The van der Waals surface area contributed by atoms with Gasteiger partial charge in [-0.25, -0.2) is 13.8 Å². The lowest BCUT2D eigenvalue weighted by Crippen LogP contribution is -2.05. The molecule has 0 N–H and O–H groups in total. The van der Waals surface area contributed by atoms with Gasteiger partial charge in [0, 0.05) is 0 Å². The third-order valence-corrected chi connectivity index (χ3v) is 1.91. The Morgan fingerprint density at radius 3 is 2.69 bits per heavy atom. The van der Waals surface area contributed by atoms with Gasteiger partial charge in [-0.05, 0) is 17.7 Å². The number of methoxy groups -OCH3 is 1. The van der Waals surface area contributed by atoms with E-state index in [-0.39, 0.29) is 11.3 Å². The van der Waals surface area contributed by atoms with Gasteiger partial charge in [0.25, 0.3) is 11.7 Å². The summed E-state index contributed by atoms with van der Waals surface area (Å²) in [5, 5.41) is 7.65. The fraction of sp³-hybridized carbons (Fsp3) is 0.222. The van der Waals surface area contributed by atoms with E-state index >= 15 is 0 Å². The van der Waals surface area contributed by atoms with Gasteiger partial charge in [0.15, 0.2) is 11.4 Å². The second-order valence-corrected chi connectivity index (χ2v) is 3.01. The number of nitrogens with zero attached hydrogens (tertiary/aromatic N) is 2. The molecule has 0 amide bonds. The van der Waals surface area contributed by atoms with Gasteiger partial charge in [-0.1, -0.05) is 0 Å². The number of hydrogen-bond donors (Lipinski definition) is 0. The summed E-state index contributed by atoms with van der Waals surface area (Å²) in [6.45, 7) is 0. The van der Waals surface area contributed by atoms with Crippen molar-refractivity contribution in [2.45, 2.75) is 6.43 Å². The van der Waals surface area contributed by atoms with Gasteiger partial charge in [0.05, 0.1) is 12.7 Å². The monoisotopic (exact) mass is 246 g/mol. The van der Waals surface area contributed by atoms with E-state index in [4.69, 9.17) is 21.6 Å². The molecule has 1 rings (SSSR count). The van der Waals surface area contributed by atoms with Crippen molar-refractivity contribution in [2.24, 2.45) is 0 Å². The molecular formula is C9H5ClF2N2O2. The maximum absolute atomic E-state index is 12.4. The van der Waals surface area contributed by atoms with Crippen molar-refractivity contribution >= 4 is 16.8 Å². The van der Waals surface area contributed by atoms with Crippen molar-refractivity contribution in [3.05, 3.63) is 23.0 Å². The molecule has 0 saturated carbocycles. The Morgan fingerprint density at radius 1 is 1.69 bits per heavy atom. The molecule has 0 aliphatic rings. The number of alkyl halides is 2. The Kier molecular flexibility index (Phi) is 3.74. The first kappa shape index (κ1) is 12.3. The lowest BCUT2D eigenvalue weighted by Gasteiger charge is -2.08. The molecule has 0 aliphatic heterocycles. The highest BCUT2D eigenvalue weighted by Crippen LogP contribution is 2.27. The van der Waals surface area contributed by atoms with Crippen LogP contribution in [0.4, 0.5) is 8.78 Å². The summed E-state index contributed by atoms with van der Waals surface area (Å²) in [7, 11) is 1.18. The molecule has 0 fully saturated rings. The van der Waals surface area contributed by atoms with E-state index in [0.29, 0.717) is 0 Å². The van der Waals surface area contributed by atoms with E-state index in [9.17, 15) is 13.6 Å². The number of halogens is 3. The highest BCUT2D eigenvalue weighted by Gasteiger charge is 2.21. The Morgan fingerprint density at radius 2 is 2.31 bits per heavy atom. The first-order chi connectivity index (χ1) is 7.51. The minimum absolute atomic E-state index is 0.202. The average molecular weight is 247 g/mol. The summed E-state index contributed by atoms with van der Waals surface area (Å²) in [4.78, 5) is 14.3. The van der Waals surface area contributed by atoms with Crippen LogP contribution in [0, 0.1) is 11.3 Å². The fourth-order valence-corrected chi connectivity index (χ4v) is 1.22. The van der Waals surface area contributed by atoms with Gasteiger partial charge in [-0.3, -0.25) is 4.79 Å². The van der Waals surface area contributed by atoms with E-state index in [1.165, 1.54) is 7.11 Å². The van der Waals surface area contributed by atoms with Crippen molar-refractivity contribution in [2.75, 3.05) is 7.11 Å². The number of aromatic nitrogens is 1. The minimum Gasteiger partial charge on any atom is -0.493 e. The first-order valence-corrected chi connectivity index (χ1v) is 4.36. The van der Waals surface area contributed by atoms with E-state index in [0.717, 1.165) is 6.07 Å². The molecule has 0 bridgehead atoms. The highest BCUT2D eigenvalue weighted by atomic mass is 35.5. The van der Waals surface area contributed by atoms with Gasteiger partial charge < -0.3 is 4.74 Å². The van der Waals surface area contributed by atoms with E-state index in [2.05, 4.69) is 4.98 Å². The van der Waals surface area contributed by atoms with Crippen LogP contribution < -0.4 is 4.74 Å². The van der Waals surface area contributed by atoms with Crippen LogP contribution in [0.5, 0.6) is 5.75 Å². The van der Waals surface area contributed by atoms with Crippen LogP contribution in [0.3, 0.4) is 0 Å². The normalized spacial score (nSPS) is 10.0. The zero-order chi connectivity index (χ0) is 12.3. The van der Waals surface area contributed by atoms with Crippen LogP contribution in [-0.4, -0.2) is 17.3 Å². The standard InChI is InChI=1S/C9H5ClF2N2O2/c1-16-7-4(3-13)2-5(9(11)12)14-6(7)8(10)15/h2,9H,1H3. The van der Waals surface area contributed by atoms with E-state index in [1.54, 1.807) is 6.07 Å².